The third-order valence-corrected chi connectivity index (χ3v) is 12.0. The minimum absolute atomic E-state index is 0.895. The first-order valence-electron chi connectivity index (χ1n) is 18.7. The Kier molecular flexibility index (Phi) is 7.39. The summed E-state index contributed by atoms with van der Waals surface area (Å²) in [5, 5.41) is 7.26. The Hall–Kier alpha value is -6.94. The van der Waals surface area contributed by atoms with Crippen molar-refractivity contribution < 1.29 is 4.42 Å². The summed E-state index contributed by atoms with van der Waals surface area (Å²) >= 11 is 1.85. The molecule has 9 aromatic carbocycles. The van der Waals surface area contributed by atoms with Crippen LogP contribution in [0.1, 0.15) is 0 Å². The summed E-state index contributed by atoms with van der Waals surface area (Å²) in [7, 11) is 0. The number of anilines is 3. The normalized spacial score (nSPS) is 11.6. The Morgan fingerprint density at radius 2 is 0.982 bits per heavy atom. The zero-order valence-corrected chi connectivity index (χ0v) is 30.6. The van der Waals surface area contributed by atoms with Gasteiger partial charge < -0.3 is 9.32 Å². The molecule has 0 aliphatic heterocycles. The first kappa shape index (κ1) is 31.6. The zero-order valence-electron chi connectivity index (χ0n) is 29.8. The van der Waals surface area contributed by atoms with Crippen molar-refractivity contribution in [3.05, 3.63) is 200 Å². The molecule has 0 aliphatic rings. The Balaban J connectivity index is 1.15. The van der Waals surface area contributed by atoms with Crippen molar-refractivity contribution in [1.82, 2.24) is 0 Å². The van der Waals surface area contributed by atoms with Crippen LogP contribution in [0.4, 0.5) is 17.1 Å². The van der Waals surface area contributed by atoms with Gasteiger partial charge in [-0.2, -0.15) is 0 Å². The van der Waals surface area contributed by atoms with Crippen LogP contribution < -0.4 is 4.90 Å². The lowest BCUT2D eigenvalue weighted by molar-refractivity contribution is 0.669. The molecule has 55 heavy (non-hydrogen) atoms. The lowest BCUT2D eigenvalue weighted by atomic mass is 9.91. The van der Waals surface area contributed by atoms with Gasteiger partial charge in [-0.3, -0.25) is 0 Å². The van der Waals surface area contributed by atoms with Crippen LogP contribution >= 0.6 is 11.3 Å². The van der Waals surface area contributed by atoms with Crippen LogP contribution in [0.2, 0.25) is 0 Å². The van der Waals surface area contributed by atoms with E-state index in [2.05, 4.69) is 193 Å². The number of rotatable bonds is 6. The molecule has 2 aromatic heterocycles. The number of nitrogens with zero attached hydrogens (tertiary/aromatic N) is 1. The molecule has 0 bridgehead atoms. The van der Waals surface area contributed by atoms with Gasteiger partial charge in [-0.05, 0) is 93.2 Å². The molecule has 3 heteroatoms. The number of fused-ring (bicyclic) bond motifs is 7. The van der Waals surface area contributed by atoms with E-state index in [1.54, 1.807) is 0 Å². The smallest absolute Gasteiger partial charge is 0.135 e. The van der Waals surface area contributed by atoms with E-state index in [1.807, 2.05) is 23.5 Å². The molecule has 0 spiro atoms. The first-order chi connectivity index (χ1) is 27.3. The maximum absolute atomic E-state index is 6.25. The minimum atomic E-state index is 0.895. The maximum atomic E-state index is 6.25. The predicted molar refractivity (Wildman–Crippen MR) is 235 cm³/mol. The summed E-state index contributed by atoms with van der Waals surface area (Å²) in [6.45, 7) is 0. The average molecular weight is 720 g/mol. The molecule has 0 N–H and O–H groups in total. The van der Waals surface area contributed by atoms with Crippen molar-refractivity contribution >= 4 is 81.3 Å². The molecule has 0 atom stereocenters. The molecule has 11 rings (SSSR count). The average Bonchev–Trinajstić information content (AvgIpc) is 3.82. The maximum Gasteiger partial charge on any atom is 0.135 e. The molecule has 0 amide bonds. The van der Waals surface area contributed by atoms with Gasteiger partial charge >= 0.3 is 0 Å². The molecule has 258 valence electrons. The van der Waals surface area contributed by atoms with Gasteiger partial charge in [0.25, 0.3) is 0 Å². The highest BCUT2D eigenvalue weighted by molar-refractivity contribution is 7.26. The summed E-state index contributed by atoms with van der Waals surface area (Å²) in [6.07, 6.45) is 0. The van der Waals surface area contributed by atoms with Crippen LogP contribution in [0.15, 0.2) is 205 Å². The van der Waals surface area contributed by atoms with Crippen molar-refractivity contribution in [2.45, 2.75) is 0 Å². The molecule has 0 fully saturated rings. The van der Waals surface area contributed by atoms with Gasteiger partial charge in [0, 0.05) is 42.2 Å². The highest BCUT2D eigenvalue weighted by Gasteiger charge is 2.22. The quantitative estimate of drug-likeness (QED) is 0.170. The highest BCUT2D eigenvalue weighted by atomic mass is 32.1. The Morgan fingerprint density at radius 3 is 1.91 bits per heavy atom. The number of hydrogen-bond acceptors (Lipinski definition) is 3. The Bertz CT molecular complexity index is 3240. The molecule has 0 unspecified atom stereocenters. The summed E-state index contributed by atoms with van der Waals surface area (Å²) in [6, 6.07) is 72.4. The lowest BCUT2D eigenvalue weighted by Gasteiger charge is -2.29. The fourth-order valence-corrected chi connectivity index (χ4v) is 9.53. The number of hydrogen-bond donors (Lipinski definition) is 0. The third-order valence-electron chi connectivity index (χ3n) is 10.9. The summed E-state index contributed by atoms with van der Waals surface area (Å²) < 4.78 is 8.80. The second-order valence-corrected chi connectivity index (χ2v) is 15.1. The molecule has 2 heterocycles. The van der Waals surface area contributed by atoms with Crippen LogP contribution in [-0.4, -0.2) is 0 Å². The van der Waals surface area contributed by atoms with Crippen LogP contribution in [0.25, 0.3) is 86.3 Å². The first-order valence-corrected chi connectivity index (χ1v) is 19.5. The van der Waals surface area contributed by atoms with Crippen LogP contribution in [0.5, 0.6) is 0 Å². The van der Waals surface area contributed by atoms with E-state index < -0.39 is 0 Å². The van der Waals surface area contributed by atoms with E-state index in [-0.39, 0.29) is 0 Å². The fourth-order valence-electron chi connectivity index (χ4n) is 8.40. The van der Waals surface area contributed by atoms with E-state index in [0.29, 0.717) is 0 Å². The fraction of sp³-hybridized carbons (Fsp3) is 0. The van der Waals surface area contributed by atoms with E-state index in [4.69, 9.17) is 4.42 Å². The van der Waals surface area contributed by atoms with Gasteiger partial charge in [-0.1, -0.05) is 146 Å². The Morgan fingerprint density at radius 1 is 0.364 bits per heavy atom. The van der Waals surface area contributed by atoms with Crippen molar-refractivity contribution in [2.75, 3.05) is 4.90 Å². The predicted octanol–water partition coefficient (Wildman–Crippen LogP) is 15.6. The van der Waals surface area contributed by atoms with Crippen molar-refractivity contribution in [3.63, 3.8) is 0 Å². The summed E-state index contributed by atoms with van der Waals surface area (Å²) in [5.41, 5.74) is 12.2. The highest BCUT2D eigenvalue weighted by Crippen LogP contribution is 2.48. The number of para-hydroxylation sites is 2. The summed E-state index contributed by atoms with van der Waals surface area (Å²) in [5.74, 6) is 0. The molecule has 11 aromatic rings. The number of benzene rings is 9. The van der Waals surface area contributed by atoms with E-state index in [9.17, 15) is 0 Å². The van der Waals surface area contributed by atoms with Gasteiger partial charge in [0.1, 0.15) is 11.2 Å². The zero-order chi connectivity index (χ0) is 36.3. The standard InChI is InChI=1S/C52H33NOS/c1-2-18-38-34(14-1)15-12-24-42(38)41-21-4-3-19-39(41)35-16-11-17-37(32-35)53(47-26-13-29-51-52(47)44-23-7-10-28-50(44)55-51)46-25-8-5-20-40(46)36-30-31-49-45(33-36)43-22-6-9-27-48(43)54-49/h1-33H. The van der Waals surface area contributed by atoms with Crippen LogP contribution in [0.3, 0.4) is 0 Å². The monoisotopic (exact) mass is 719 g/mol. The second-order valence-electron chi connectivity index (χ2n) is 14.0. The van der Waals surface area contributed by atoms with E-state index in [0.717, 1.165) is 55.7 Å². The van der Waals surface area contributed by atoms with Crippen molar-refractivity contribution in [3.8, 4) is 33.4 Å². The second kappa shape index (κ2) is 12.9. The molecular formula is C52H33NOS. The van der Waals surface area contributed by atoms with Gasteiger partial charge in [0.15, 0.2) is 0 Å². The molecular weight excluding hydrogens is 687 g/mol. The minimum Gasteiger partial charge on any atom is -0.456 e. The van der Waals surface area contributed by atoms with Gasteiger partial charge in [-0.25, -0.2) is 0 Å². The van der Waals surface area contributed by atoms with Gasteiger partial charge in [0.2, 0.25) is 0 Å². The Labute approximate surface area is 322 Å². The number of thiophene rings is 1. The van der Waals surface area contributed by atoms with E-state index >= 15 is 0 Å². The van der Waals surface area contributed by atoms with Crippen LogP contribution in [-0.2, 0) is 0 Å². The molecule has 0 saturated carbocycles. The van der Waals surface area contributed by atoms with E-state index in [1.165, 1.54) is 47.6 Å². The molecule has 2 nitrogen and oxygen atoms in total. The molecule has 0 saturated heterocycles. The third kappa shape index (κ3) is 5.24. The summed E-state index contributed by atoms with van der Waals surface area (Å²) in [4.78, 5) is 2.47. The molecule has 0 aliphatic carbocycles. The number of furan rings is 1. The van der Waals surface area contributed by atoms with Crippen LogP contribution in [0, 0.1) is 0 Å². The largest absolute Gasteiger partial charge is 0.456 e. The lowest BCUT2D eigenvalue weighted by Crippen LogP contribution is -2.11. The van der Waals surface area contributed by atoms with Crippen molar-refractivity contribution in [1.29, 1.82) is 0 Å². The van der Waals surface area contributed by atoms with Crippen molar-refractivity contribution in [2.24, 2.45) is 0 Å². The molecule has 0 radical (unpaired) electrons. The van der Waals surface area contributed by atoms with Gasteiger partial charge in [0.05, 0.1) is 11.4 Å². The van der Waals surface area contributed by atoms with Gasteiger partial charge in [-0.15, -0.1) is 11.3 Å². The topological polar surface area (TPSA) is 16.4 Å². The SMILES string of the molecule is c1cc(-c2ccccc2-c2cccc3ccccc23)cc(N(c2ccccc2-c2ccc3oc4ccccc4c3c2)c2cccc3sc4ccccc4c23)c1.